The standard InChI is InChI=1S/C27H29FO6/c1-26(2)32-18-27(19-33-26,17-31-15-25(29)34-24-11-9-23(28)10-12-24)16-30-14-20-7-8-21-5-3-4-6-22(21)13-20/h3-13H,14-19H2,1-2H3. The molecule has 0 spiro atoms. The van der Waals surface area contributed by atoms with Crippen LogP contribution in [-0.4, -0.2) is 44.8 Å². The van der Waals surface area contributed by atoms with E-state index in [2.05, 4.69) is 24.3 Å². The summed E-state index contributed by atoms with van der Waals surface area (Å²) >= 11 is 0. The van der Waals surface area contributed by atoms with E-state index in [0.29, 0.717) is 26.4 Å². The number of carbonyl (C=O) groups excluding carboxylic acids is 1. The van der Waals surface area contributed by atoms with E-state index in [-0.39, 0.29) is 19.0 Å². The predicted molar refractivity (Wildman–Crippen MR) is 125 cm³/mol. The van der Waals surface area contributed by atoms with Gasteiger partial charge in [0.05, 0.1) is 38.4 Å². The number of hydrogen-bond acceptors (Lipinski definition) is 6. The van der Waals surface area contributed by atoms with Crippen LogP contribution < -0.4 is 4.74 Å². The van der Waals surface area contributed by atoms with Crippen molar-refractivity contribution in [3.8, 4) is 5.75 Å². The summed E-state index contributed by atoms with van der Waals surface area (Å²) in [6.07, 6.45) is 0. The Kier molecular flexibility index (Phi) is 7.58. The lowest BCUT2D eigenvalue weighted by molar-refractivity contribution is -0.299. The van der Waals surface area contributed by atoms with Gasteiger partial charge in [0.25, 0.3) is 0 Å². The largest absolute Gasteiger partial charge is 0.425 e. The fraction of sp³-hybridized carbons (Fsp3) is 0.370. The maximum Gasteiger partial charge on any atom is 0.337 e. The molecule has 1 saturated heterocycles. The van der Waals surface area contributed by atoms with E-state index in [1.807, 2.05) is 32.0 Å². The van der Waals surface area contributed by atoms with Crippen molar-refractivity contribution in [2.75, 3.05) is 33.0 Å². The number of ether oxygens (including phenoxy) is 5. The molecule has 6 nitrogen and oxygen atoms in total. The van der Waals surface area contributed by atoms with Gasteiger partial charge in [0.15, 0.2) is 5.79 Å². The number of carbonyl (C=O) groups is 1. The van der Waals surface area contributed by atoms with Crippen LogP contribution in [0.15, 0.2) is 66.7 Å². The highest BCUT2D eigenvalue weighted by Gasteiger charge is 2.41. The lowest BCUT2D eigenvalue weighted by Crippen LogP contribution is -2.51. The zero-order valence-corrected chi connectivity index (χ0v) is 19.4. The van der Waals surface area contributed by atoms with Gasteiger partial charge in [0, 0.05) is 0 Å². The highest BCUT2D eigenvalue weighted by atomic mass is 19.1. The van der Waals surface area contributed by atoms with Gasteiger partial charge in [-0.1, -0.05) is 36.4 Å². The Bertz CT molecular complexity index is 1100. The molecule has 0 N–H and O–H groups in total. The number of rotatable bonds is 9. The maximum atomic E-state index is 13.0. The minimum Gasteiger partial charge on any atom is -0.425 e. The zero-order chi connectivity index (χ0) is 24.0. The van der Waals surface area contributed by atoms with Crippen molar-refractivity contribution in [1.29, 1.82) is 0 Å². The van der Waals surface area contributed by atoms with E-state index in [0.717, 1.165) is 10.9 Å². The summed E-state index contributed by atoms with van der Waals surface area (Å²) in [7, 11) is 0. The topological polar surface area (TPSA) is 63.2 Å². The van der Waals surface area contributed by atoms with Crippen LogP contribution in [0.5, 0.6) is 5.75 Å². The zero-order valence-electron chi connectivity index (χ0n) is 19.4. The SMILES string of the molecule is CC1(C)OCC(COCC(=O)Oc2ccc(F)cc2)(COCc2ccc3ccccc3c2)CO1. The molecule has 0 aliphatic carbocycles. The molecule has 0 amide bonds. The Morgan fingerprint density at radius 1 is 0.912 bits per heavy atom. The van der Waals surface area contributed by atoms with Gasteiger partial charge < -0.3 is 23.7 Å². The third-order valence-electron chi connectivity index (χ3n) is 5.62. The van der Waals surface area contributed by atoms with Crippen molar-refractivity contribution in [2.45, 2.75) is 26.2 Å². The molecule has 0 aromatic heterocycles. The van der Waals surface area contributed by atoms with Gasteiger partial charge in [-0.2, -0.15) is 0 Å². The van der Waals surface area contributed by atoms with Gasteiger partial charge in [-0.05, 0) is 60.5 Å². The number of hydrogen-bond donors (Lipinski definition) is 0. The summed E-state index contributed by atoms with van der Waals surface area (Å²) in [5.41, 5.74) is 0.498. The molecule has 1 aliphatic rings. The van der Waals surface area contributed by atoms with Gasteiger partial charge >= 0.3 is 5.97 Å². The first-order valence-electron chi connectivity index (χ1n) is 11.2. The summed E-state index contributed by atoms with van der Waals surface area (Å²) in [5.74, 6) is -1.41. The quantitative estimate of drug-likeness (QED) is 0.329. The number of halogens is 1. The van der Waals surface area contributed by atoms with Crippen LogP contribution >= 0.6 is 0 Å². The predicted octanol–water partition coefficient (Wildman–Crippen LogP) is 4.89. The van der Waals surface area contributed by atoms with Crippen LogP contribution in [0, 0.1) is 11.2 Å². The molecule has 0 radical (unpaired) electrons. The van der Waals surface area contributed by atoms with Crippen molar-refractivity contribution in [3.05, 3.63) is 78.1 Å². The van der Waals surface area contributed by atoms with Crippen molar-refractivity contribution >= 4 is 16.7 Å². The van der Waals surface area contributed by atoms with E-state index in [1.54, 1.807) is 0 Å². The summed E-state index contributed by atoms with van der Waals surface area (Å²) < 4.78 is 41.7. The highest BCUT2D eigenvalue weighted by molar-refractivity contribution is 5.82. The average Bonchev–Trinajstić information content (AvgIpc) is 2.82. The smallest absolute Gasteiger partial charge is 0.337 e. The van der Waals surface area contributed by atoms with E-state index >= 15 is 0 Å². The number of esters is 1. The molecule has 7 heteroatoms. The maximum absolute atomic E-state index is 13.0. The van der Waals surface area contributed by atoms with Gasteiger partial charge in [-0.15, -0.1) is 0 Å². The lowest BCUT2D eigenvalue weighted by atomic mass is 9.91. The van der Waals surface area contributed by atoms with Crippen molar-refractivity contribution in [3.63, 3.8) is 0 Å². The van der Waals surface area contributed by atoms with Crippen LogP contribution in [0.1, 0.15) is 19.4 Å². The molecule has 0 unspecified atom stereocenters. The van der Waals surface area contributed by atoms with Gasteiger partial charge in [0.1, 0.15) is 18.2 Å². The Balaban J connectivity index is 1.31. The molecule has 1 fully saturated rings. The fourth-order valence-corrected chi connectivity index (χ4v) is 3.67. The third kappa shape index (κ3) is 6.61. The average molecular weight is 469 g/mol. The summed E-state index contributed by atoms with van der Waals surface area (Å²) in [4.78, 5) is 12.1. The van der Waals surface area contributed by atoms with Crippen LogP contribution in [0.25, 0.3) is 10.8 Å². The van der Waals surface area contributed by atoms with E-state index in [1.165, 1.54) is 29.7 Å². The monoisotopic (exact) mass is 468 g/mol. The van der Waals surface area contributed by atoms with Gasteiger partial charge in [-0.25, -0.2) is 9.18 Å². The van der Waals surface area contributed by atoms with Gasteiger partial charge in [0.2, 0.25) is 0 Å². The van der Waals surface area contributed by atoms with Crippen LogP contribution in [0.2, 0.25) is 0 Å². The molecule has 1 aliphatic heterocycles. The first-order chi connectivity index (χ1) is 16.3. The molecule has 0 bridgehead atoms. The first kappa shape index (κ1) is 24.3. The minimum absolute atomic E-state index is 0.194. The molecule has 4 rings (SSSR count). The van der Waals surface area contributed by atoms with Crippen LogP contribution in [0.4, 0.5) is 4.39 Å². The molecular weight excluding hydrogens is 439 g/mol. The molecule has 1 heterocycles. The molecule has 0 saturated carbocycles. The number of benzene rings is 3. The van der Waals surface area contributed by atoms with Crippen molar-refractivity contribution < 1.29 is 32.9 Å². The molecule has 3 aromatic rings. The van der Waals surface area contributed by atoms with E-state index < -0.39 is 23.0 Å². The Hall–Kier alpha value is -2.84. The fourth-order valence-electron chi connectivity index (χ4n) is 3.67. The second kappa shape index (κ2) is 10.6. The molecule has 3 aromatic carbocycles. The Morgan fingerprint density at radius 2 is 1.59 bits per heavy atom. The molecule has 180 valence electrons. The minimum atomic E-state index is -0.691. The van der Waals surface area contributed by atoms with Crippen LogP contribution in [-0.2, 0) is 30.3 Å². The van der Waals surface area contributed by atoms with E-state index in [4.69, 9.17) is 23.7 Å². The second-order valence-corrected chi connectivity index (χ2v) is 9.07. The summed E-state index contributed by atoms with van der Waals surface area (Å²) in [6, 6.07) is 19.6. The highest BCUT2D eigenvalue weighted by Crippen LogP contribution is 2.31. The summed E-state index contributed by atoms with van der Waals surface area (Å²) in [6.45, 7) is 5.15. The van der Waals surface area contributed by atoms with Gasteiger partial charge in [-0.3, -0.25) is 0 Å². The molecular formula is C27H29FO6. The normalized spacial score (nSPS) is 16.9. The third-order valence-corrected chi connectivity index (χ3v) is 5.62. The number of fused-ring (bicyclic) bond motifs is 1. The Morgan fingerprint density at radius 3 is 2.32 bits per heavy atom. The van der Waals surface area contributed by atoms with Crippen molar-refractivity contribution in [1.82, 2.24) is 0 Å². The lowest BCUT2D eigenvalue weighted by Gasteiger charge is -2.42. The second-order valence-electron chi connectivity index (χ2n) is 9.07. The first-order valence-corrected chi connectivity index (χ1v) is 11.2. The van der Waals surface area contributed by atoms with Crippen LogP contribution in [0.3, 0.4) is 0 Å². The van der Waals surface area contributed by atoms with E-state index in [9.17, 15) is 9.18 Å². The molecule has 0 atom stereocenters. The Labute approximate surface area is 198 Å². The van der Waals surface area contributed by atoms with Crippen molar-refractivity contribution in [2.24, 2.45) is 5.41 Å². The summed E-state index contributed by atoms with van der Waals surface area (Å²) in [5, 5.41) is 2.34. The molecule has 34 heavy (non-hydrogen) atoms.